The van der Waals surface area contributed by atoms with Gasteiger partial charge in [0.1, 0.15) is 29.2 Å². The molecule has 3 aromatic heterocycles. The molecule has 0 radical (unpaired) electrons. The number of nitrogens with one attached hydrogen (secondary N) is 1. The monoisotopic (exact) mass is 736 g/mol. The molecule has 5 aromatic rings. The Morgan fingerprint density at radius 2 is 1.65 bits per heavy atom. The van der Waals surface area contributed by atoms with Crippen LogP contribution in [0.1, 0.15) is 82.8 Å². The first-order chi connectivity index (χ1) is 26.8. The first-order valence-corrected chi connectivity index (χ1v) is 18.7. The van der Waals surface area contributed by atoms with E-state index in [0.717, 1.165) is 84.5 Å². The first kappa shape index (κ1) is 34.4. The molecule has 4 amide bonds. The van der Waals surface area contributed by atoms with Gasteiger partial charge in [-0.2, -0.15) is 0 Å². The van der Waals surface area contributed by atoms with Gasteiger partial charge in [0, 0.05) is 38.0 Å². The maximum Gasteiger partial charge on any atom is 0.262 e. The summed E-state index contributed by atoms with van der Waals surface area (Å²) in [5, 5.41) is 7.23. The summed E-state index contributed by atoms with van der Waals surface area (Å²) < 4.78 is 15.9. The van der Waals surface area contributed by atoms with Crippen molar-refractivity contribution in [3.8, 4) is 23.2 Å². The highest BCUT2D eigenvalue weighted by Gasteiger charge is 2.44. The predicted octanol–water partition coefficient (Wildman–Crippen LogP) is 5.33. The minimum atomic E-state index is -0.998. The molecule has 3 fully saturated rings. The molecule has 1 unspecified atom stereocenters. The third kappa shape index (κ3) is 6.47. The zero-order chi connectivity index (χ0) is 37.6. The van der Waals surface area contributed by atoms with Crippen molar-refractivity contribution in [2.24, 2.45) is 5.92 Å². The standard InChI is InChI=1S/C42H37FN8O4/c43-29-8-2-7-28(24-29)33-10-4-20-49(33)38-16-15-36-44-25-35(51(36)47-38)32-9-3-11-37(45-32)48-21-18-26(19-22-48)5-1-6-27-12-13-30-31(23-27)42(55)50(41(30)54)34-14-17-39(52)46-40(34)53/h2-3,7-9,11-13,15-16,23-26,33-34H,4-5,10,14,17-22H2,(H,46,52,53)/t33-,34?/m1/s1. The molecule has 4 aliphatic rings. The van der Waals surface area contributed by atoms with Crippen molar-refractivity contribution in [2.45, 2.75) is 57.0 Å². The highest BCUT2D eigenvalue weighted by atomic mass is 19.1. The Hall–Kier alpha value is -6.42. The molecule has 0 bridgehead atoms. The van der Waals surface area contributed by atoms with Gasteiger partial charge in [-0.1, -0.05) is 30.0 Å². The van der Waals surface area contributed by atoms with Crippen LogP contribution in [0.3, 0.4) is 0 Å². The van der Waals surface area contributed by atoms with Gasteiger partial charge in [-0.15, -0.1) is 5.10 Å². The number of imidazole rings is 1. The van der Waals surface area contributed by atoms with Crippen LogP contribution in [0.15, 0.2) is 79.0 Å². The number of anilines is 2. The molecule has 2 aromatic carbocycles. The van der Waals surface area contributed by atoms with Crippen LogP contribution in [-0.4, -0.2) is 73.8 Å². The van der Waals surface area contributed by atoms with E-state index in [9.17, 15) is 23.6 Å². The van der Waals surface area contributed by atoms with E-state index < -0.39 is 29.7 Å². The van der Waals surface area contributed by atoms with Gasteiger partial charge in [0.05, 0.1) is 29.1 Å². The van der Waals surface area contributed by atoms with Crippen molar-refractivity contribution < 1.29 is 23.6 Å². The van der Waals surface area contributed by atoms with Crippen molar-refractivity contribution in [2.75, 3.05) is 29.4 Å². The van der Waals surface area contributed by atoms with E-state index in [1.165, 1.54) is 6.07 Å². The van der Waals surface area contributed by atoms with Gasteiger partial charge in [0.2, 0.25) is 11.8 Å². The van der Waals surface area contributed by atoms with Gasteiger partial charge in [-0.05, 0) is 98.2 Å². The number of carbonyl (C=O) groups is 4. The lowest BCUT2D eigenvalue weighted by Crippen LogP contribution is -2.54. The van der Waals surface area contributed by atoms with E-state index >= 15 is 0 Å². The summed E-state index contributed by atoms with van der Waals surface area (Å²) in [6.45, 7) is 2.50. The van der Waals surface area contributed by atoms with Gasteiger partial charge >= 0.3 is 0 Å². The number of benzene rings is 2. The van der Waals surface area contributed by atoms with Crippen LogP contribution in [0.2, 0.25) is 0 Å². The molecule has 1 N–H and O–H groups in total. The fourth-order valence-corrected chi connectivity index (χ4v) is 8.25. The summed E-state index contributed by atoms with van der Waals surface area (Å²) >= 11 is 0. The lowest BCUT2D eigenvalue weighted by atomic mass is 9.93. The molecule has 2 atom stereocenters. The molecule has 0 saturated carbocycles. The fraction of sp³-hybridized carbons (Fsp3) is 0.310. The number of rotatable bonds is 6. The maximum absolute atomic E-state index is 14.1. The van der Waals surface area contributed by atoms with Crippen LogP contribution in [0.5, 0.6) is 0 Å². The summed E-state index contributed by atoms with van der Waals surface area (Å²) in [4.78, 5) is 65.3. The summed E-state index contributed by atoms with van der Waals surface area (Å²) in [7, 11) is 0. The number of nitrogens with zero attached hydrogens (tertiary/aromatic N) is 7. The Morgan fingerprint density at radius 1 is 0.818 bits per heavy atom. The van der Waals surface area contributed by atoms with Crippen molar-refractivity contribution in [3.05, 3.63) is 107 Å². The Labute approximate surface area is 316 Å². The van der Waals surface area contributed by atoms with E-state index in [1.54, 1.807) is 36.5 Å². The van der Waals surface area contributed by atoms with Crippen molar-refractivity contribution in [1.29, 1.82) is 0 Å². The number of imide groups is 2. The molecule has 9 rings (SSSR count). The number of halogens is 1. The third-order valence-electron chi connectivity index (χ3n) is 11.1. The van der Waals surface area contributed by atoms with Crippen molar-refractivity contribution in [1.82, 2.24) is 29.8 Å². The second kappa shape index (κ2) is 14.1. The van der Waals surface area contributed by atoms with Crippen LogP contribution in [-0.2, 0) is 9.59 Å². The topological polar surface area (TPSA) is 133 Å². The van der Waals surface area contributed by atoms with Crippen LogP contribution in [0, 0.1) is 23.6 Å². The van der Waals surface area contributed by atoms with Crippen molar-refractivity contribution in [3.63, 3.8) is 0 Å². The van der Waals surface area contributed by atoms with Crippen LogP contribution < -0.4 is 15.1 Å². The number of carbonyl (C=O) groups excluding carboxylic acids is 4. The lowest BCUT2D eigenvalue weighted by Gasteiger charge is -2.32. The number of aromatic nitrogens is 4. The van der Waals surface area contributed by atoms with Gasteiger partial charge in [-0.25, -0.2) is 18.9 Å². The summed E-state index contributed by atoms with van der Waals surface area (Å²) in [6, 6.07) is 20.8. The molecule has 13 heteroatoms. The van der Waals surface area contributed by atoms with Gasteiger partial charge in [-0.3, -0.25) is 29.4 Å². The maximum atomic E-state index is 14.1. The predicted molar refractivity (Wildman–Crippen MR) is 201 cm³/mol. The quantitative estimate of drug-likeness (QED) is 0.182. The minimum Gasteiger partial charge on any atom is -0.357 e. The van der Waals surface area contributed by atoms with E-state index in [2.05, 4.69) is 31.9 Å². The SMILES string of the molecule is O=C1CCC(N2C(=O)c3ccc(C#CCC4CCN(c5cccc(-c6cnc7ccc(N8CCC[C@@H]8c8cccc(F)c8)nn67)n5)CC4)cc3C2=O)C(=O)N1. The molecule has 276 valence electrons. The zero-order valence-corrected chi connectivity index (χ0v) is 30.0. The highest BCUT2D eigenvalue weighted by molar-refractivity contribution is 6.23. The van der Waals surface area contributed by atoms with E-state index in [4.69, 9.17) is 10.1 Å². The Morgan fingerprint density at radius 3 is 2.49 bits per heavy atom. The number of piperidine rings is 2. The third-order valence-corrected chi connectivity index (χ3v) is 11.1. The van der Waals surface area contributed by atoms with E-state index in [1.807, 2.05) is 40.9 Å². The fourth-order valence-electron chi connectivity index (χ4n) is 8.25. The molecular formula is C42H37FN8O4. The molecule has 4 aliphatic heterocycles. The second-order valence-corrected chi connectivity index (χ2v) is 14.5. The number of hydrogen-bond acceptors (Lipinski definition) is 9. The number of amides is 4. The summed E-state index contributed by atoms with van der Waals surface area (Å²) in [5.74, 6) is 6.22. The molecule has 55 heavy (non-hydrogen) atoms. The van der Waals surface area contributed by atoms with E-state index in [0.29, 0.717) is 17.9 Å². The number of pyridine rings is 1. The normalized spacial score (nSPS) is 20.2. The lowest BCUT2D eigenvalue weighted by molar-refractivity contribution is -0.136. The number of hydrogen-bond donors (Lipinski definition) is 1. The van der Waals surface area contributed by atoms with Crippen LogP contribution in [0.25, 0.3) is 17.0 Å². The van der Waals surface area contributed by atoms with Gasteiger partial charge < -0.3 is 9.80 Å². The average molecular weight is 737 g/mol. The van der Waals surface area contributed by atoms with Crippen LogP contribution >= 0.6 is 0 Å². The summed E-state index contributed by atoms with van der Waals surface area (Å²) in [5.41, 5.74) is 4.35. The van der Waals surface area contributed by atoms with E-state index in [-0.39, 0.29) is 35.8 Å². The summed E-state index contributed by atoms with van der Waals surface area (Å²) in [6.07, 6.45) is 6.51. The largest absolute Gasteiger partial charge is 0.357 e. The number of fused-ring (bicyclic) bond motifs is 2. The van der Waals surface area contributed by atoms with Crippen LogP contribution in [0.4, 0.5) is 16.0 Å². The minimum absolute atomic E-state index is 0.0552. The molecular weight excluding hydrogens is 700 g/mol. The Balaban J connectivity index is 0.843. The smallest absolute Gasteiger partial charge is 0.262 e. The first-order valence-electron chi connectivity index (χ1n) is 18.7. The van der Waals surface area contributed by atoms with Gasteiger partial charge in [0.25, 0.3) is 11.8 Å². The molecule has 12 nitrogen and oxygen atoms in total. The molecule has 0 spiro atoms. The molecule has 3 saturated heterocycles. The molecule has 7 heterocycles. The zero-order valence-electron chi connectivity index (χ0n) is 30.0. The molecule has 0 aliphatic carbocycles. The Bertz CT molecular complexity index is 2440. The second-order valence-electron chi connectivity index (χ2n) is 14.5. The van der Waals surface area contributed by atoms with Crippen molar-refractivity contribution >= 4 is 40.9 Å². The highest BCUT2D eigenvalue weighted by Crippen LogP contribution is 2.36. The average Bonchev–Trinajstić information content (AvgIpc) is 3.92. The Kier molecular flexibility index (Phi) is 8.80. The van der Waals surface area contributed by atoms with Gasteiger partial charge in [0.15, 0.2) is 5.65 Å².